The summed E-state index contributed by atoms with van der Waals surface area (Å²) in [5.41, 5.74) is 8.30. The number of hydrogen-bond acceptors (Lipinski definition) is 7. The van der Waals surface area contributed by atoms with E-state index in [1.807, 2.05) is 50.4 Å². The summed E-state index contributed by atoms with van der Waals surface area (Å²) in [6.07, 6.45) is 2.54. The normalized spacial score (nSPS) is 13.3. The Bertz CT molecular complexity index is 1080. The van der Waals surface area contributed by atoms with Gasteiger partial charge in [-0.05, 0) is 54.4 Å². The van der Waals surface area contributed by atoms with Crippen LogP contribution in [-0.2, 0) is 27.7 Å². The number of aliphatic hydroxyl groups is 1. The molecule has 0 aliphatic rings. The van der Waals surface area contributed by atoms with E-state index in [4.69, 9.17) is 10.5 Å². The third-order valence-electron chi connectivity index (χ3n) is 5.60. The Kier molecular flexibility index (Phi) is 11.9. The Hall–Kier alpha value is -2.43. The standard InChI is InChI=1S/C26H39N3O5S2/c1-18(2)13-20-15-21(34-3)16-22(27)26(20)29-36(32,33)17-24(30)23(14-19-9-6-5-7-10-19)28-25(31)11-8-12-35-4/h5-7,9-10,15-16,18,23-24,29-30H,8,11-14,17,27H2,1-4H3,(H,28,31)/t23-,24-/m0/s1. The van der Waals surface area contributed by atoms with Gasteiger partial charge in [0.1, 0.15) is 5.75 Å². The van der Waals surface area contributed by atoms with Gasteiger partial charge in [0.25, 0.3) is 0 Å². The maximum Gasteiger partial charge on any atom is 0.235 e. The average molecular weight is 538 g/mol. The molecule has 0 unspecified atom stereocenters. The van der Waals surface area contributed by atoms with Crippen LogP contribution in [0.1, 0.15) is 37.8 Å². The lowest BCUT2D eigenvalue weighted by atomic mass is 10.0. The number of hydrogen-bond donors (Lipinski definition) is 4. The van der Waals surface area contributed by atoms with Crippen molar-refractivity contribution in [3.63, 3.8) is 0 Å². The van der Waals surface area contributed by atoms with Crippen LogP contribution < -0.4 is 20.5 Å². The van der Waals surface area contributed by atoms with Gasteiger partial charge in [-0.15, -0.1) is 0 Å². The van der Waals surface area contributed by atoms with Gasteiger partial charge < -0.3 is 20.9 Å². The predicted octanol–water partition coefficient (Wildman–Crippen LogP) is 3.45. The molecule has 0 spiro atoms. The topological polar surface area (TPSA) is 131 Å². The van der Waals surface area contributed by atoms with Gasteiger partial charge in [0.05, 0.1) is 36.4 Å². The van der Waals surface area contributed by atoms with E-state index in [9.17, 15) is 18.3 Å². The average Bonchev–Trinajstić information content (AvgIpc) is 2.80. The lowest BCUT2D eigenvalue weighted by Gasteiger charge is -2.25. The van der Waals surface area contributed by atoms with Crippen LogP contribution in [0.3, 0.4) is 0 Å². The van der Waals surface area contributed by atoms with Crippen LogP contribution in [0, 0.1) is 5.92 Å². The van der Waals surface area contributed by atoms with Gasteiger partial charge in [-0.25, -0.2) is 8.42 Å². The summed E-state index contributed by atoms with van der Waals surface area (Å²) < 4.78 is 34.1. The Balaban J connectivity index is 2.23. The third kappa shape index (κ3) is 9.91. The molecule has 0 aromatic heterocycles. The first kappa shape index (κ1) is 29.8. The second kappa shape index (κ2) is 14.3. The van der Waals surface area contributed by atoms with Crippen LogP contribution in [0.5, 0.6) is 5.75 Å². The number of rotatable bonds is 15. The zero-order chi connectivity index (χ0) is 26.7. The monoisotopic (exact) mass is 537 g/mol. The van der Waals surface area contributed by atoms with E-state index in [-0.39, 0.29) is 23.2 Å². The minimum atomic E-state index is -4.00. The summed E-state index contributed by atoms with van der Waals surface area (Å²) in [6.45, 7) is 4.04. The van der Waals surface area contributed by atoms with Gasteiger partial charge in [0.2, 0.25) is 15.9 Å². The molecule has 36 heavy (non-hydrogen) atoms. The van der Waals surface area contributed by atoms with E-state index in [0.29, 0.717) is 37.0 Å². The summed E-state index contributed by atoms with van der Waals surface area (Å²) >= 11 is 1.65. The minimum Gasteiger partial charge on any atom is -0.497 e. The molecule has 0 radical (unpaired) electrons. The number of nitrogens with one attached hydrogen (secondary N) is 2. The highest BCUT2D eigenvalue weighted by molar-refractivity contribution is 7.98. The summed E-state index contributed by atoms with van der Waals surface area (Å²) in [5.74, 6) is 0.829. The minimum absolute atomic E-state index is 0.215. The van der Waals surface area contributed by atoms with Crippen LogP contribution in [0.2, 0.25) is 0 Å². The maximum atomic E-state index is 13.1. The number of nitrogen functional groups attached to an aromatic ring is 1. The number of benzene rings is 2. The van der Waals surface area contributed by atoms with E-state index in [0.717, 1.165) is 11.3 Å². The van der Waals surface area contributed by atoms with Crippen LogP contribution in [-0.4, -0.2) is 56.4 Å². The van der Waals surface area contributed by atoms with E-state index in [1.165, 1.54) is 7.11 Å². The fourth-order valence-electron chi connectivity index (χ4n) is 3.88. The van der Waals surface area contributed by atoms with Crippen molar-refractivity contribution in [2.45, 2.75) is 51.7 Å². The number of ether oxygens (including phenoxy) is 1. The fourth-order valence-corrected chi connectivity index (χ4v) is 5.64. The molecule has 0 heterocycles. The quantitative estimate of drug-likeness (QED) is 0.202. The van der Waals surface area contributed by atoms with E-state index in [2.05, 4.69) is 10.0 Å². The molecule has 0 saturated heterocycles. The van der Waals surface area contributed by atoms with Crippen LogP contribution in [0.15, 0.2) is 42.5 Å². The first-order chi connectivity index (χ1) is 17.0. The Morgan fingerprint density at radius 1 is 1.17 bits per heavy atom. The van der Waals surface area contributed by atoms with Crippen LogP contribution in [0.4, 0.5) is 11.4 Å². The molecule has 0 aliphatic carbocycles. The fraction of sp³-hybridized carbons (Fsp3) is 0.500. The largest absolute Gasteiger partial charge is 0.497 e. The molecule has 2 rings (SSSR count). The lowest BCUT2D eigenvalue weighted by Crippen LogP contribution is -2.48. The van der Waals surface area contributed by atoms with Crippen LogP contribution in [0.25, 0.3) is 0 Å². The third-order valence-corrected chi connectivity index (χ3v) is 7.59. The summed E-state index contributed by atoms with van der Waals surface area (Å²) in [6, 6.07) is 11.9. The lowest BCUT2D eigenvalue weighted by molar-refractivity contribution is -0.122. The molecule has 8 nitrogen and oxygen atoms in total. The van der Waals surface area contributed by atoms with Crippen molar-refractivity contribution in [1.29, 1.82) is 0 Å². The number of carbonyl (C=O) groups excluding carboxylic acids is 1. The van der Waals surface area contributed by atoms with E-state index < -0.39 is 27.9 Å². The first-order valence-corrected chi connectivity index (χ1v) is 15.1. The first-order valence-electron chi connectivity index (χ1n) is 12.0. The van der Waals surface area contributed by atoms with Gasteiger partial charge in [0.15, 0.2) is 0 Å². The highest BCUT2D eigenvalue weighted by atomic mass is 32.2. The number of nitrogens with two attached hydrogens (primary N) is 1. The number of sulfonamides is 1. The Labute approximate surface area is 219 Å². The molecule has 2 aromatic carbocycles. The number of anilines is 2. The molecule has 0 bridgehead atoms. The molecule has 200 valence electrons. The SMILES string of the molecule is COc1cc(N)c(NS(=O)(=O)C[C@H](O)[C@H](Cc2ccccc2)NC(=O)CCCSC)c(CC(C)C)c1. The van der Waals surface area contributed by atoms with E-state index in [1.54, 1.807) is 23.9 Å². The summed E-state index contributed by atoms with van der Waals surface area (Å²) in [4.78, 5) is 12.5. The van der Waals surface area contributed by atoms with Crippen molar-refractivity contribution < 1.29 is 23.1 Å². The number of aliphatic hydroxyl groups excluding tert-OH is 1. The van der Waals surface area contributed by atoms with Gasteiger partial charge in [-0.3, -0.25) is 9.52 Å². The number of carbonyl (C=O) groups is 1. The van der Waals surface area contributed by atoms with Gasteiger partial charge in [0, 0.05) is 12.5 Å². The van der Waals surface area contributed by atoms with E-state index >= 15 is 0 Å². The zero-order valence-corrected chi connectivity index (χ0v) is 23.1. The zero-order valence-electron chi connectivity index (χ0n) is 21.5. The molecule has 0 fully saturated rings. The highest BCUT2D eigenvalue weighted by Gasteiger charge is 2.28. The predicted molar refractivity (Wildman–Crippen MR) is 149 cm³/mol. The van der Waals surface area contributed by atoms with Crippen LogP contribution >= 0.6 is 11.8 Å². The van der Waals surface area contributed by atoms with Crippen molar-refractivity contribution in [2.24, 2.45) is 5.92 Å². The number of amides is 1. The highest BCUT2D eigenvalue weighted by Crippen LogP contribution is 2.32. The van der Waals surface area contributed by atoms with Crippen molar-refractivity contribution >= 4 is 39.1 Å². The second-order valence-electron chi connectivity index (χ2n) is 9.26. The molecule has 0 saturated carbocycles. The summed E-state index contributed by atoms with van der Waals surface area (Å²) in [5, 5.41) is 13.8. The smallest absolute Gasteiger partial charge is 0.235 e. The number of methoxy groups -OCH3 is 1. The maximum absolute atomic E-state index is 13.1. The van der Waals surface area contributed by atoms with Crippen molar-refractivity contribution in [2.75, 3.05) is 35.3 Å². The van der Waals surface area contributed by atoms with Crippen molar-refractivity contribution in [3.8, 4) is 5.75 Å². The molecular weight excluding hydrogens is 498 g/mol. The van der Waals surface area contributed by atoms with Gasteiger partial charge >= 0.3 is 0 Å². The number of thioether (sulfide) groups is 1. The molecule has 0 aliphatic heterocycles. The Morgan fingerprint density at radius 2 is 1.86 bits per heavy atom. The molecule has 2 atom stereocenters. The molecule has 10 heteroatoms. The van der Waals surface area contributed by atoms with Gasteiger partial charge in [-0.1, -0.05) is 44.2 Å². The summed E-state index contributed by atoms with van der Waals surface area (Å²) in [7, 11) is -2.48. The molecule has 2 aromatic rings. The molecular formula is C26H39N3O5S2. The molecule has 5 N–H and O–H groups in total. The Morgan fingerprint density at radius 3 is 2.47 bits per heavy atom. The van der Waals surface area contributed by atoms with Crippen molar-refractivity contribution in [1.82, 2.24) is 5.32 Å². The molecule has 1 amide bonds. The second-order valence-corrected chi connectivity index (χ2v) is 12.0. The van der Waals surface area contributed by atoms with Gasteiger partial charge in [-0.2, -0.15) is 11.8 Å². The van der Waals surface area contributed by atoms with Crippen molar-refractivity contribution in [3.05, 3.63) is 53.6 Å².